The van der Waals surface area contributed by atoms with E-state index in [1.54, 1.807) is 24.3 Å². The molecule has 1 N–H and O–H groups in total. The zero-order valence-corrected chi connectivity index (χ0v) is 18.8. The molecule has 7 heteroatoms. The number of amides is 1. The first-order valence-electron chi connectivity index (χ1n) is 10.2. The van der Waals surface area contributed by atoms with Gasteiger partial charge in [0, 0.05) is 22.9 Å². The number of carbonyl (C=O) groups excluding carboxylic acids is 1. The van der Waals surface area contributed by atoms with Crippen LogP contribution in [0.1, 0.15) is 35.5 Å². The van der Waals surface area contributed by atoms with E-state index in [-0.39, 0.29) is 23.1 Å². The molecule has 0 aliphatic heterocycles. The van der Waals surface area contributed by atoms with Gasteiger partial charge in [-0.05, 0) is 31.4 Å². The molecule has 4 rings (SSSR count). The monoisotopic (exact) mass is 432 g/mol. The summed E-state index contributed by atoms with van der Waals surface area (Å²) < 4.78 is 1.38. The number of hydrogen-bond donors (Lipinski definition) is 1. The maximum Gasteiger partial charge on any atom is 0.278 e. The average molecular weight is 433 g/mol. The van der Waals surface area contributed by atoms with E-state index in [1.807, 2.05) is 38.3 Å². The fraction of sp³-hybridized carbons (Fsp3) is 0.250. The molecule has 0 saturated carbocycles. The number of aryl methyl sites for hydroxylation is 2. The standard InChI is InChI=1S/C24H24N4O2S/c1-14(2)12-28-23(30)19-8-6-5-7-18(19)21(27-28)22(29)26-24-25-20(13-31-24)17-10-9-15(3)11-16(17)4/h5-11,13-14H,12H2,1-4H3,(H,25,26,29). The van der Waals surface area contributed by atoms with Gasteiger partial charge in [0.1, 0.15) is 0 Å². The van der Waals surface area contributed by atoms with Crippen LogP contribution < -0.4 is 10.9 Å². The van der Waals surface area contributed by atoms with Crippen molar-refractivity contribution in [3.8, 4) is 11.3 Å². The molecule has 0 saturated heterocycles. The second-order valence-electron chi connectivity index (χ2n) is 8.09. The van der Waals surface area contributed by atoms with Gasteiger partial charge in [0.2, 0.25) is 0 Å². The first-order chi connectivity index (χ1) is 14.8. The van der Waals surface area contributed by atoms with Gasteiger partial charge in [0.15, 0.2) is 10.8 Å². The fourth-order valence-electron chi connectivity index (χ4n) is 3.58. The Morgan fingerprint density at radius 3 is 2.58 bits per heavy atom. The molecule has 158 valence electrons. The summed E-state index contributed by atoms with van der Waals surface area (Å²) >= 11 is 1.36. The van der Waals surface area contributed by atoms with E-state index in [2.05, 4.69) is 28.4 Å². The van der Waals surface area contributed by atoms with Crippen molar-refractivity contribution >= 4 is 33.1 Å². The number of rotatable bonds is 5. The second-order valence-corrected chi connectivity index (χ2v) is 8.94. The Bertz CT molecular complexity index is 1340. The van der Waals surface area contributed by atoms with Crippen LogP contribution in [0.2, 0.25) is 0 Å². The predicted octanol–water partition coefficient (Wildman–Crippen LogP) is 5.05. The Morgan fingerprint density at radius 1 is 1.13 bits per heavy atom. The zero-order valence-electron chi connectivity index (χ0n) is 18.0. The SMILES string of the molecule is Cc1ccc(-c2csc(NC(=O)c3nn(CC(C)C)c(=O)c4ccccc34)n2)c(C)c1. The number of nitrogens with one attached hydrogen (secondary N) is 1. The van der Waals surface area contributed by atoms with Gasteiger partial charge in [0.05, 0.1) is 11.1 Å². The highest BCUT2D eigenvalue weighted by Gasteiger charge is 2.18. The van der Waals surface area contributed by atoms with E-state index in [0.717, 1.165) is 16.8 Å². The molecule has 1 amide bonds. The fourth-order valence-corrected chi connectivity index (χ4v) is 4.29. The summed E-state index contributed by atoms with van der Waals surface area (Å²) in [5.74, 6) is -0.156. The summed E-state index contributed by atoms with van der Waals surface area (Å²) in [6, 6.07) is 13.3. The van der Waals surface area contributed by atoms with E-state index in [1.165, 1.54) is 21.6 Å². The Morgan fingerprint density at radius 2 is 1.87 bits per heavy atom. The number of carbonyl (C=O) groups is 1. The minimum absolute atomic E-state index is 0.188. The van der Waals surface area contributed by atoms with E-state index in [4.69, 9.17) is 0 Å². The van der Waals surface area contributed by atoms with Crippen LogP contribution in [-0.4, -0.2) is 20.7 Å². The smallest absolute Gasteiger partial charge is 0.278 e. The normalized spacial score (nSPS) is 11.3. The zero-order chi connectivity index (χ0) is 22.1. The predicted molar refractivity (Wildman–Crippen MR) is 126 cm³/mol. The lowest BCUT2D eigenvalue weighted by Gasteiger charge is -2.12. The number of nitrogens with zero attached hydrogens (tertiary/aromatic N) is 3. The minimum Gasteiger partial charge on any atom is -0.296 e. The van der Waals surface area contributed by atoms with E-state index in [0.29, 0.717) is 22.4 Å². The molecular formula is C24H24N4O2S. The van der Waals surface area contributed by atoms with Crippen LogP contribution in [0.15, 0.2) is 52.6 Å². The topological polar surface area (TPSA) is 76.9 Å². The van der Waals surface area contributed by atoms with Gasteiger partial charge in [-0.3, -0.25) is 14.9 Å². The van der Waals surface area contributed by atoms with E-state index >= 15 is 0 Å². The number of fused-ring (bicyclic) bond motifs is 1. The number of hydrogen-bond acceptors (Lipinski definition) is 5. The van der Waals surface area contributed by atoms with Crippen molar-refractivity contribution < 1.29 is 4.79 Å². The van der Waals surface area contributed by atoms with Crippen LogP contribution in [0.25, 0.3) is 22.0 Å². The van der Waals surface area contributed by atoms with Gasteiger partial charge >= 0.3 is 0 Å². The van der Waals surface area contributed by atoms with Gasteiger partial charge in [-0.15, -0.1) is 11.3 Å². The van der Waals surface area contributed by atoms with E-state index in [9.17, 15) is 9.59 Å². The third kappa shape index (κ3) is 4.27. The molecule has 31 heavy (non-hydrogen) atoms. The summed E-state index contributed by atoms with van der Waals surface area (Å²) in [6.45, 7) is 8.56. The first-order valence-corrected chi connectivity index (χ1v) is 11.1. The molecule has 0 bridgehead atoms. The van der Waals surface area contributed by atoms with Crippen LogP contribution in [0.5, 0.6) is 0 Å². The molecule has 0 aliphatic rings. The number of thiazole rings is 1. The largest absolute Gasteiger partial charge is 0.296 e. The van der Waals surface area contributed by atoms with Crippen LogP contribution in [0.3, 0.4) is 0 Å². The lowest BCUT2D eigenvalue weighted by Crippen LogP contribution is -2.29. The van der Waals surface area contributed by atoms with Crippen molar-refractivity contribution in [3.05, 3.63) is 75.0 Å². The van der Waals surface area contributed by atoms with Crippen LogP contribution in [0.4, 0.5) is 5.13 Å². The van der Waals surface area contributed by atoms with Crippen molar-refractivity contribution in [2.75, 3.05) is 5.32 Å². The molecule has 6 nitrogen and oxygen atoms in total. The highest BCUT2D eigenvalue weighted by molar-refractivity contribution is 7.14. The summed E-state index contributed by atoms with van der Waals surface area (Å²) in [6.07, 6.45) is 0. The third-order valence-electron chi connectivity index (χ3n) is 5.00. The number of benzene rings is 2. The number of aromatic nitrogens is 3. The highest BCUT2D eigenvalue weighted by Crippen LogP contribution is 2.28. The molecule has 0 atom stereocenters. The summed E-state index contributed by atoms with van der Waals surface area (Å²) in [5.41, 5.74) is 4.22. The Labute approximate surface area is 184 Å². The van der Waals surface area contributed by atoms with Gasteiger partial charge in [0.25, 0.3) is 11.5 Å². The Balaban J connectivity index is 1.69. The minimum atomic E-state index is -0.379. The molecule has 0 aliphatic carbocycles. The van der Waals surface area contributed by atoms with Gasteiger partial charge in [-0.1, -0.05) is 55.8 Å². The quantitative estimate of drug-likeness (QED) is 0.479. The van der Waals surface area contributed by atoms with Gasteiger partial charge in [-0.2, -0.15) is 5.10 Å². The molecule has 0 unspecified atom stereocenters. The maximum atomic E-state index is 13.1. The lowest BCUT2D eigenvalue weighted by atomic mass is 10.0. The molecule has 4 aromatic rings. The van der Waals surface area contributed by atoms with Crippen LogP contribution in [0, 0.1) is 19.8 Å². The summed E-state index contributed by atoms with van der Waals surface area (Å²) in [5, 5.41) is 10.7. The Kier molecular flexibility index (Phi) is 5.69. The highest BCUT2D eigenvalue weighted by atomic mass is 32.1. The molecule has 0 fully saturated rings. The molecule has 2 aromatic carbocycles. The van der Waals surface area contributed by atoms with Gasteiger partial charge < -0.3 is 0 Å². The Hall–Kier alpha value is -3.32. The molecule has 2 heterocycles. The average Bonchev–Trinajstić information content (AvgIpc) is 3.17. The summed E-state index contributed by atoms with van der Waals surface area (Å²) in [4.78, 5) is 30.5. The van der Waals surface area contributed by atoms with Crippen LogP contribution in [-0.2, 0) is 6.54 Å². The number of anilines is 1. The summed E-state index contributed by atoms with van der Waals surface area (Å²) in [7, 11) is 0. The maximum absolute atomic E-state index is 13.1. The van der Waals surface area contributed by atoms with Gasteiger partial charge in [-0.25, -0.2) is 9.67 Å². The lowest BCUT2D eigenvalue weighted by molar-refractivity contribution is 0.102. The van der Waals surface area contributed by atoms with Crippen molar-refractivity contribution in [1.82, 2.24) is 14.8 Å². The first kappa shape index (κ1) is 20.9. The third-order valence-corrected chi connectivity index (χ3v) is 5.76. The molecule has 0 radical (unpaired) electrons. The molecule has 2 aromatic heterocycles. The van der Waals surface area contributed by atoms with Crippen molar-refractivity contribution in [2.45, 2.75) is 34.2 Å². The van der Waals surface area contributed by atoms with Crippen molar-refractivity contribution in [2.24, 2.45) is 5.92 Å². The van der Waals surface area contributed by atoms with E-state index < -0.39 is 0 Å². The van der Waals surface area contributed by atoms with Crippen molar-refractivity contribution in [1.29, 1.82) is 0 Å². The van der Waals surface area contributed by atoms with Crippen molar-refractivity contribution in [3.63, 3.8) is 0 Å². The van der Waals surface area contributed by atoms with Crippen LogP contribution >= 0.6 is 11.3 Å². The molecular weight excluding hydrogens is 408 g/mol. The molecule has 0 spiro atoms. The second kappa shape index (κ2) is 8.43.